The minimum atomic E-state index is 0.458. The summed E-state index contributed by atoms with van der Waals surface area (Å²) in [5.41, 5.74) is 1.76. The minimum Gasteiger partial charge on any atom is -0.439 e. The zero-order chi connectivity index (χ0) is 16.3. The van der Waals surface area contributed by atoms with E-state index < -0.39 is 0 Å². The first-order valence-corrected chi connectivity index (χ1v) is 8.48. The van der Waals surface area contributed by atoms with Gasteiger partial charge in [-0.3, -0.25) is 14.9 Å². The first kappa shape index (κ1) is 15.1. The minimum absolute atomic E-state index is 0.458. The number of anilines is 1. The molecule has 0 amide bonds. The molecular weight excluding hydrogens is 355 g/mol. The maximum Gasteiger partial charge on any atom is 0.201 e. The SMILES string of the molecule is C=C1N(c2c(Cl)cc(Cl)c3nc(C)oc23)C(=S)N2CCCCN12. The van der Waals surface area contributed by atoms with Gasteiger partial charge in [-0.15, -0.1) is 0 Å². The molecule has 2 aliphatic heterocycles. The Labute approximate surface area is 149 Å². The summed E-state index contributed by atoms with van der Waals surface area (Å²) in [5.74, 6) is 1.30. The summed E-state index contributed by atoms with van der Waals surface area (Å²) < 4.78 is 5.76. The Morgan fingerprint density at radius 1 is 1.22 bits per heavy atom. The summed E-state index contributed by atoms with van der Waals surface area (Å²) >= 11 is 18.4. The van der Waals surface area contributed by atoms with E-state index in [1.165, 1.54) is 0 Å². The number of aromatic nitrogens is 1. The van der Waals surface area contributed by atoms with Crippen LogP contribution >= 0.6 is 35.4 Å². The Balaban J connectivity index is 1.92. The number of hydrazine groups is 1. The maximum absolute atomic E-state index is 6.47. The highest BCUT2D eigenvalue weighted by atomic mass is 35.5. The molecule has 0 aliphatic carbocycles. The van der Waals surface area contributed by atoms with Crippen LogP contribution in [0.3, 0.4) is 0 Å². The van der Waals surface area contributed by atoms with Crippen molar-refractivity contribution in [2.75, 3.05) is 18.0 Å². The summed E-state index contributed by atoms with van der Waals surface area (Å²) in [7, 11) is 0. The monoisotopic (exact) mass is 368 g/mol. The van der Waals surface area contributed by atoms with Crippen LogP contribution in [0.15, 0.2) is 22.9 Å². The van der Waals surface area contributed by atoms with Crippen molar-refractivity contribution in [1.82, 2.24) is 15.0 Å². The van der Waals surface area contributed by atoms with Crippen LogP contribution in [0.1, 0.15) is 18.7 Å². The second-order valence-corrected chi connectivity index (χ2v) is 6.77. The quantitative estimate of drug-likeness (QED) is 0.697. The van der Waals surface area contributed by atoms with Crippen LogP contribution in [0.5, 0.6) is 0 Å². The third-order valence-electron chi connectivity index (χ3n) is 4.13. The number of nitrogens with zero attached hydrogens (tertiary/aromatic N) is 4. The van der Waals surface area contributed by atoms with Crippen molar-refractivity contribution in [2.24, 2.45) is 0 Å². The second kappa shape index (κ2) is 5.26. The Hall–Kier alpha value is -1.50. The number of thiocarbonyl (C=S) groups is 1. The van der Waals surface area contributed by atoms with E-state index in [0.29, 0.717) is 37.8 Å². The molecule has 0 bridgehead atoms. The van der Waals surface area contributed by atoms with E-state index in [1.54, 1.807) is 13.0 Å². The summed E-state index contributed by atoms with van der Waals surface area (Å²) in [5, 5.41) is 5.71. The van der Waals surface area contributed by atoms with E-state index in [1.807, 2.05) is 4.90 Å². The highest BCUT2D eigenvalue weighted by Gasteiger charge is 2.40. The van der Waals surface area contributed by atoms with Crippen LogP contribution in [0.4, 0.5) is 5.69 Å². The molecule has 1 aromatic carbocycles. The maximum atomic E-state index is 6.47. The summed E-state index contributed by atoms with van der Waals surface area (Å²) in [6.07, 6.45) is 2.21. The van der Waals surface area contributed by atoms with Gasteiger partial charge in [0.05, 0.1) is 10.0 Å². The van der Waals surface area contributed by atoms with E-state index in [0.717, 1.165) is 31.8 Å². The number of rotatable bonds is 1. The van der Waals surface area contributed by atoms with Gasteiger partial charge in [-0.1, -0.05) is 29.8 Å². The zero-order valence-corrected chi connectivity index (χ0v) is 14.8. The summed E-state index contributed by atoms with van der Waals surface area (Å²) in [6, 6.07) is 1.67. The molecule has 0 saturated carbocycles. The third kappa shape index (κ3) is 2.12. The van der Waals surface area contributed by atoms with Gasteiger partial charge >= 0.3 is 0 Å². The highest BCUT2D eigenvalue weighted by Crippen LogP contribution is 2.43. The molecular formula is C15H14Cl2N4OS. The van der Waals surface area contributed by atoms with Gasteiger partial charge in [0.2, 0.25) is 5.11 Å². The molecule has 0 unspecified atom stereocenters. The molecule has 0 spiro atoms. The number of hydrogen-bond acceptors (Lipinski definition) is 4. The average molecular weight is 369 g/mol. The van der Waals surface area contributed by atoms with Crippen LogP contribution in [0, 0.1) is 6.92 Å². The molecule has 120 valence electrons. The van der Waals surface area contributed by atoms with Gasteiger partial charge < -0.3 is 4.42 Å². The van der Waals surface area contributed by atoms with Gasteiger partial charge in [0.1, 0.15) is 17.0 Å². The van der Waals surface area contributed by atoms with Gasteiger partial charge in [0.25, 0.3) is 0 Å². The molecule has 8 heteroatoms. The lowest BCUT2D eigenvalue weighted by molar-refractivity contribution is 0.0757. The van der Waals surface area contributed by atoms with Gasteiger partial charge in [-0.05, 0) is 31.1 Å². The predicted octanol–water partition coefficient (Wildman–Crippen LogP) is 4.33. The standard InChI is InChI=1S/C15H14Cl2N4OS/c1-8-18-12-10(16)7-11(17)13(14(12)22-8)21-9(2)19-5-3-4-6-20(19)15(21)23/h7H,2-6H2,1H3. The molecule has 3 heterocycles. The molecule has 0 N–H and O–H groups in total. The van der Waals surface area contributed by atoms with Crippen molar-refractivity contribution >= 4 is 57.3 Å². The molecule has 1 aromatic heterocycles. The Kier molecular flexibility index (Phi) is 3.44. The number of fused-ring (bicyclic) bond motifs is 2. The van der Waals surface area contributed by atoms with Gasteiger partial charge in [-0.2, -0.15) is 0 Å². The lowest BCUT2D eigenvalue weighted by Gasteiger charge is -2.33. The number of halogens is 2. The van der Waals surface area contributed by atoms with E-state index in [2.05, 4.69) is 21.6 Å². The lowest BCUT2D eigenvalue weighted by atomic mass is 10.2. The molecule has 23 heavy (non-hydrogen) atoms. The second-order valence-electron chi connectivity index (χ2n) is 5.59. The van der Waals surface area contributed by atoms with Crippen molar-refractivity contribution < 1.29 is 4.42 Å². The van der Waals surface area contributed by atoms with Crippen molar-refractivity contribution in [3.05, 3.63) is 34.4 Å². The third-order valence-corrected chi connectivity index (χ3v) is 5.10. The molecule has 5 nitrogen and oxygen atoms in total. The van der Waals surface area contributed by atoms with Crippen LogP contribution < -0.4 is 4.90 Å². The first-order chi connectivity index (χ1) is 11.0. The fourth-order valence-electron chi connectivity index (χ4n) is 3.11. The molecule has 2 fully saturated rings. The normalized spacial score (nSPS) is 18.3. The zero-order valence-electron chi connectivity index (χ0n) is 12.5. The van der Waals surface area contributed by atoms with Crippen molar-refractivity contribution in [2.45, 2.75) is 19.8 Å². The van der Waals surface area contributed by atoms with E-state index in [4.69, 9.17) is 39.8 Å². The van der Waals surface area contributed by atoms with Crippen LogP contribution in [-0.4, -0.2) is 33.2 Å². The number of aryl methyl sites for hydroxylation is 1. The van der Waals surface area contributed by atoms with Crippen LogP contribution in [0.2, 0.25) is 10.0 Å². The van der Waals surface area contributed by atoms with Gasteiger partial charge in [0.15, 0.2) is 11.5 Å². The summed E-state index contributed by atoms with van der Waals surface area (Å²) in [6.45, 7) is 7.73. The van der Waals surface area contributed by atoms with Crippen molar-refractivity contribution in [3.8, 4) is 0 Å². The molecule has 2 aromatic rings. The van der Waals surface area contributed by atoms with Crippen molar-refractivity contribution in [1.29, 1.82) is 0 Å². The smallest absolute Gasteiger partial charge is 0.201 e. The van der Waals surface area contributed by atoms with Gasteiger partial charge in [-0.25, -0.2) is 4.98 Å². The molecule has 0 radical (unpaired) electrons. The average Bonchev–Trinajstić information content (AvgIpc) is 3.02. The molecule has 0 atom stereocenters. The number of oxazole rings is 1. The largest absolute Gasteiger partial charge is 0.439 e. The van der Waals surface area contributed by atoms with Crippen LogP contribution in [0.25, 0.3) is 11.1 Å². The Morgan fingerprint density at radius 2 is 1.91 bits per heavy atom. The van der Waals surface area contributed by atoms with Crippen LogP contribution in [-0.2, 0) is 0 Å². The van der Waals surface area contributed by atoms with Crippen molar-refractivity contribution in [3.63, 3.8) is 0 Å². The van der Waals surface area contributed by atoms with E-state index in [9.17, 15) is 0 Å². The molecule has 2 aliphatic rings. The highest BCUT2D eigenvalue weighted by molar-refractivity contribution is 7.80. The topological polar surface area (TPSA) is 35.8 Å². The lowest BCUT2D eigenvalue weighted by Crippen LogP contribution is -2.42. The number of benzene rings is 1. The fourth-order valence-corrected chi connectivity index (χ4v) is 4.07. The molecule has 4 rings (SSSR count). The Bertz CT molecular complexity index is 826. The Morgan fingerprint density at radius 3 is 2.61 bits per heavy atom. The number of hydrogen-bond donors (Lipinski definition) is 0. The van der Waals surface area contributed by atoms with E-state index in [-0.39, 0.29) is 0 Å². The summed E-state index contributed by atoms with van der Waals surface area (Å²) in [4.78, 5) is 6.20. The first-order valence-electron chi connectivity index (χ1n) is 7.32. The predicted molar refractivity (Wildman–Crippen MR) is 95.6 cm³/mol. The fraction of sp³-hybridized carbons (Fsp3) is 0.333. The van der Waals surface area contributed by atoms with E-state index >= 15 is 0 Å². The molecule has 2 saturated heterocycles. The van der Waals surface area contributed by atoms with Gasteiger partial charge in [0, 0.05) is 20.0 Å².